The van der Waals surface area contributed by atoms with E-state index in [4.69, 9.17) is 0 Å². The quantitative estimate of drug-likeness (QED) is 0.752. The molecule has 0 aromatic carbocycles. The molecule has 0 amide bonds. The van der Waals surface area contributed by atoms with E-state index < -0.39 is 5.97 Å². The lowest BCUT2D eigenvalue weighted by Gasteiger charge is -2.53. The molecule has 0 atom stereocenters. The maximum absolute atomic E-state index is 11.4. The van der Waals surface area contributed by atoms with Gasteiger partial charge in [0, 0.05) is 5.57 Å². The molecule has 19 heavy (non-hydrogen) atoms. The van der Waals surface area contributed by atoms with Crippen molar-refractivity contribution in [2.24, 2.45) is 29.6 Å². The third kappa shape index (κ3) is 2.59. The SMILES string of the molecule is CCCCC(=CC1C2CC3CC(C2)CC1C3)C(=O)O. The van der Waals surface area contributed by atoms with Crippen LogP contribution in [0.15, 0.2) is 11.6 Å². The minimum Gasteiger partial charge on any atom is -0.478 e. The van der Waals surface area contributed by atoms with Crippen molar-refractivity contribution in [3.05, 3.63) is 11.6 Å². The van der Waals surface area contributed by atoms with Gasteiger partial charge < -0.3 is 5.11 Å². The predicted molar refractivity (Wildman–Crippen MR) is 75.8 cm³/mol. The summed E-state index contributed by atoms with van der Waals surface area (Å²) in [4.78, 5) is 11.4. The summed E-state index contributed by atoms with van der Waals surface area (Å²) in [5.41, 5.74) is 0.694. The van der Waals surface area contributed by atoms with Crippen LogP contribution in [0, 0.1) is 29.6 Å². The Morgan fingerprint density at radius 1 is 1.11 bits per heavy atom. The summed E-state index contributed by atoms with van der Waals surface area (Å²) >= 11 is 0. The zero-order valence-electron chi connectivity index (χ0n) is 12.0. The van der Waals surface area contributed by atoms with Gasteiger partial charge in [0.1, 0.15) is 0 Å². The lowest BCUT2D eigenvalue weighted by Crippen LogP contribution is -2.44. The smallest absolute Gasteiger partial charge is 0.331 e. The molecule has 1 N–H and O–H groups in total. The van der Waals surface area contributed by atoms with E-state index in [1.54, 1.807) is 0 Å². The largest absolute Gasteiger partial charge is 0.478 e. The molecule has 0 aromatic heterocycles. The van der Waals surface area contributed by atoms with Gasteiger partial charge in [-0.15, -0.1) is 0 Å². The van der Waals surface area contributed by atoms with Gasteiger partial charge in [-0.3, -0.25) is 0 Å². The first-order valence-corrected chi connectivity index (χ1v) is 8.11. The topological polar surface area (TPSA) is 37.3 Å². The average Bonchev–Trinajstić information content (AvgIpc) is 2.36. The van der Waals surface area contributed by atoms with Crippen molar-refractivity contribution in [3.63, 3.8) is 0 Å². The van der Waals surface area contributed by atoms with Crippen LogP contribution in [0.3, 0.4) is 0 Å². The molecular weight excluding hydrogens is 236 g/mol. The van der Waals surface area contributed by atoms with E-state index in [-0.39, 0.29) is 0 Å². The van der Waals surface area contributed by atoms with Gasteiger partial charge in [-0.2, -0.15) is 0 Å². The molecule has 2 nitrogen and oxygen atoms in total. The van der Waals surface area contributed by atoms with Crippen molar-refractivity contribution in [2.45, 2.75) is 58.3 Å². The van der Waals surface area contributed by atoms with Crippen LogP contribution in [0.5, 0.6) is 0 Å². The molecule has 4 saturated carbocycles. The lowest BCUT2D eigenvalue weighted by molar-refractivity contribution is -0.132. The summed E-state index contributed by atoms with van der Waals surface area (Å²) in [5, 5.41) is 9.39. The van der Waals surface area contributed by atoms with Crippen molar-refractivity contribution in [1.82, 2.24) is 0 Å². The molecule has 0 aliphatic heterocycles. The van der Waals surface area contributed by atoms with Crippen LogP contribution in [0.2, 0.25) is 0 Å². The van der Waals surface area contributed by atoms with E-state index in [0.717, 1.165) is 42.9 Å². The van der Waals surface area contributed by atoms with E-state index in [9.17, 15) is 9.90 Å². The molecule has 0 saturated heterocycles. The van der Waals surface area contributed by atoms with E-state index in [0.29, 0.717) is 11.5 Å². The van der Waals surface area contributed by atoms with Crippen LogP contribution < -0.4 is 0 Å². The summed E-state index contributed by atoms with van der Waals surface area (Å²) in [7, 11) is 0. The van der Waals surface area contributed by atoms with Gasteiger partial charge in [-0.25, -0.2) is 4.79 Å². The van der Waals surface area contributed by atoms with Gasteiger partial charge in [-0.05, 0) is 74.5 Å². The molecule has 4 aliphatic rings. The number of rotatable bonds is 5. The Balaban J connectivity index is 1.75. The second-order valence-electron chi connectivity index (χ2n) is 7.11. The third-order valence-electron chi connectivity index (χ3n) is 5.77. The molecule has 0 spiro atoms. The van der Waals surface area contributed by atoms with Crippen molar-refractivity contribution < 1.29 is 9.90 Å². The third-order valence-corrected chi connectivity index (χ3v) is 5.77. The first-order chi connectivity index (χ1) is 9.17. The number of unbranched alkanes of at least 4 members (excludes halogenated alkanes) is 1. The van der Waals surface area contributed by atoms with Crippen molar-refractivity contribution in [3.8, 4) is 0 Å². The van der Waals surface area contributed by atoms with Crippen LogP contribution in [0.25, 0.3) is 0 Å². The highest BCUT2D eigenvalue weighted by Crippen LogP contribution is 2.57. The minimum atomic E-state index is -0.678. The fourth-order valence-corrected chi connectivity index (χ4v) is 5.10. The van der Waals surface area contributed by atoms with E-state index >= 15 is 0 Å². The Morgan fingerprint density at radius 3 is 2.16 bits per heavy atom. The summed E-state index contributed by atoms with van der Waals surface area (Å²) in [5.74, 6) is 3.43. The highest BCUT2D eigenvalue weighted by atomic mass is 16.4. The van der Waals surface area contributed by atoms with Crippen molar-refractivity contribution in [2.75, 3.05) is 0 Å². The van der Waals surface area contributed by atoms with Gasteiger partial charge in [0.2, 0.25) is 0 Å². The molecule has 0 unspecified atom stereocenters. The van der Waals surface area contributed by atoms with Crippen LogP contribution in [-0.2, 0) is 4.79 Å². The summed E-state index contributed by atoms with van der Waals surface area (Å²) < 4.78 is 0. The monoisotopic (exact) mass is 262 g/mol. The molecule has 2 heteroatoms. The summed E-state index contributed by atoms with van der Waals surface area (Å²) in [6.45, 7) is 2.13. The van der Waals surface area contributed by atoms with Gasteiger partial charge in [0.25, 0.3) is 0 Å². The maximum Gasteiger partial charge on any atom is 0.331 e. The fourth-order valence-electron chi connectivity index (χ4n) is 5.10. The highest BCUT2D eigenvalue weighted by Gasteiger charge is 2.47. The highest BCUT2D eigenvalue weighted by molar-refractivity contribution is 5.86. The van der Waals surface area contributed by atoms with Crippen LogP contribution >= 0.6 is 0 Å². The number of allylic oxidation sites excluding steroid dienone is 1. The first kappa shape index (κ1) is 13.2. The molecule has 4 rings (SSSR count). The van der Waals surface area contributed by atoms with Crippen LogP contribution in [0.4, 0.5) is 0 Å². The number of carboxylic acids is 1. The van der Waals surface area contributed by atoms with Crippen LogP contribution in [0.1, 0.15) is 58.3 Å². The summed E-state index contributed by atoms with van der Waals surface area (Å²) in [6.07, 6.45) is 12.0. The number of carboxylic acid groups (broad SMARTS) is 1. The van der Waals surface area contributed by atoms with Gasteiger partial charge in [0.15, 0.2) is 0 Å². The maximum atomic E-state index is 11.4. The lowest BCUT2D eigenvalue weighted by atomic mass is 9.51. The Bertz CT molecular complexity index is 355. The van der Waals surface area contributed by atoms with E-state index in [1.807, 2.05) is 0 Å². The zero-order valence-corrected chi connectivity index (χ0v) is 12.0. The van der Waals surface area contributed by atoms with Gasteiger partial charge in [0.05, 0.1) is 0 Å². The number of aliphatic carboxylic acids is 1. The van der Waals surface area contributed by atoms with Gasteiger partial charge >= 0.3 is 5.97 Å². The summed E-state index contributed by atoms with van der Waals surface area (Å²) in [6, 6.07) is 0. The second-order valence-corrected chi connectivity index (χ2v) is 7.11. The normalized spacial score (nSPS) is 40.7. The minimum absolute atomic E-state index is 0.579. The first-order valence-electron chi connectivity index (χ1n) is 8.11. The van der Waals surface area contributed by atoms with E-state index in [1.165, 1.54) is 32.1 Å². The van der Waals surface area contributed by atoms with Crippen LogP contribution in [-0.4, -0.2) is 11.1 Å². The Hall–Kier alpha value is -0.790. The molecule has 0 aromatic rings. The molecule has 106 valence electrons. The fraction of sp³-hybridized carbons (Fsp3) is 0.824. The van der Waals surface area contributed by atoms with E-state index in [2.05, 4.69) is 13.0 Å². The number of hydrogen-bond acceptors (Lipinski definition) is 1. The molecule has 4 aliphatic carbocycles. The Morgan fingerprint density at radius 2 is 1.68 bits per heavy atom. The van der Waals surface area contributed by atoms with Crippen molar-refractivity contribution >= 4 is 5.97 Å². The molecule has 0 heterocycles. The molecule has 4 bridgehead atoms. The van der Waals surface area contributed by atoms with Crippen molar-refractivity contribution in [1.29, 1.82) is 0 Å². The number of carbonyl (C=O) groups is 1. The standard InChI is InChI=1S/C17H26O2/c1-2-3-4-13(17(18)19)10-16-14-6-11-5-12(8-14)9-15(16)7-11/h10-12,14-16H,2-9H2,1H3,(H,18,19). The zero-order chi connectivity index (χ0) is 13.4. The molecular formula is C17H26O2. The number of hydrogen-bond donors (Lipinski definition) is 1. The molecule has 4 fully saturated rings. The molecule has 0 radical (unpaired) electrons. The van der Waals surface area contributed by atoms with Gasteiger partial charge in [-0.1, -0.05) is 19.4 Å². The average molecular weight is 262 g/mol. The Kier molecular flexibility index (Phi) is 3.68. The Labute approximate surface area is 116 Å². The second kappa shape index (κ2) is 5.30. The predicted octanol–water partition coefficient (Wildman–Crippen LogP) is 4.26.